The summed E-state index contributed by atoms with van der Waals surface area (Å²) in [5.41, 5.74) is 1.18. The van der Waals surface area contributed by atoms with Gasteiger partial charge >= 0.3 is 0 Å². The van der Waals surface area contributed by atoms with E-state index in [2.05, 4.69) is 17.1 Å². The molecule has 1 aliphatic heterocycles. The van der Waals surface area contributed by atoms with Crippen molar-refractivity contribution in [1.29, 1.82) is 0 Å². The fraction of sp³-hybridized carbons (Fsp3) is 0.692. The maximum atomic E-state index is 6.25. The maximum absolute atomic E-state index is 6.25. The molecule has 2 atom stereocenters. The maximum Gasteiger partial charge on any atom is 0.0991 e. The van der Waals surface area contributed by atoms with E-state index < -0.39 is 0 Å². The lowest BCUT2D eigenvalue weighted by Gasteiger charge is -2.36. The van der Waals surface area contributed by atoms with Crippen molar-refractivity contribution in [2.45, 2.75) is 25.8 Å². The number of rotatable bonds is 4. The van der Waals surface area contributed by atoms with Gasteiger partial charge in [-0.05, 0) is 51.9 Å². The summed E-state index contributed by atoms with van der Waals surface area (Å²) in [7, 11) is 2.03. The first-order chi connectivity index (χ1) is 8.61. The first kappa shape index (κ1) is 14.6. The van der Waals surface area contributed by atoms with E-state index in [-0.39, 0.29) is 0 Å². The number of hydrogen-bond acceptors (Lipinski definition) is 3. The molecule has 1 N–H and O–H groups in total. The Morgan fingerprint density at radius 3 is 2.94 bits per heavy atom. The van der Waals surface area contributed by atoms with Gasteiger partial charge in [0.05, 0.1) is 8.67 Å². The molecule has 1 fully saturated rings. The van der Waals surface area contributed by atoms with Gasteiger partial charge in [0.15, 0.2) is 0 Å². The Morgan fingerprint density at radius 1 is 1.56 bits per heavy atom. The third kappa shape index (κ3) is 3.40. The summed E-state index contributed by atoms with van der Waals surface area (Å²) >= 11 is 13.7. The van der Waals surface area contributed by atoms with E-state index in [9.17, 15) is 0 Å². The molecule has 0 radical (unpaired) electrons. The average Bonchev–Trinajstić information content (AvgIpc) is 2.68. The molecule has 2 rings (SSSR count). The van der Waals surface area contributed by atoms with E-state index in [0.29, 0.717) is 6.04 Å². The van der Waals surface area contributed by atoms with Crippen molar-refractivity contribution < 1.29 is 0 Å². The van der Waals surface area contributed by atoms with Crippen molar-refractivity contribution in [2.24, 2.45) is 5.92 Å². The zero-order chi connectivity index (χ0) is 13.1. The third-order valence-electron chi connectivity index (χ3n) is 3.72. The molecular weight excluding hydrogens is 287 g/mol. The van der Waals surface area contributed by atoms with Crippen molar-refractivity contribution in [1.82, 2.24) is 10.2 Å². The smallest absolute Gasteiger partial charge is 0.0991 e. The normalized spacial score (nSPS) is 23.2. The van der Waals surface area contributed by atoms with E-state index >= 15 is 0 Å². The Bertz CT molecular complexity index is 392. The average molecular weight is 307 g/mol. The molecule has 0 spiro atoms. The molecule has 1 aromatic rings. The highest BCUT2D eigenvalue weighted by atomic mass is 35.5. The van der Waals surface area contributed by atoms with Crippen molar-refractivity contribution in [3.8, 4) is 0 Å². The second-order valence-electron chi connectivity index (χ2n) is 5.02. The fourth-order valence-electron chi connectivity index (χ4n) is 2.74. The molecule has 2 nitrogen and oxygen atoms in total. The molecule has 0 bridgehead atoms. The third-order valence-corrected chi connectivity index (χ3v) is 5.24. The minimum atomic E-state index is 0.362. The monoisotopic (exact) mass is 306 g/mol. The van der Waals surface area contributed by atoms with Crippen molar-refractivity contribution in [2.75, 3.05) is 26.7 Å². The summed E-state index contributed by atoms with van der Waals surface area (Å²) in [6.45, 7) is 5.63. The van der Waals surface area contributed by atoms with Crippen LogP contribution in [0.3, 0.4) is 0 Å². The molecule has 1 aliphatic rings. The van der Waals surface area contributed by atoms with Crippen LogP contribution >= 0.6 is 34.5 Å². The fourth-order valence-corrected chi connectivity index (χ4v) is 4.37. The summed E-state index contributed by atoms with van der Waals surface area (Å²) in [5.74, 6) is 0.749. The van der Waals surface area contributed by atoms with Crippen molar-refractivity contribution in [3.05, 3.63) is 20.3 Å². The molecule has 2 unspecified atom stereocenters. The van der Waals surface area contributed by atoms with Crippen LogP contribution in [0.25, 0.3) is 0 Å². The second-order valence-corrected chi connectivity index (χ2v) is 7.30. The second kappa shape index (κ2) is 6.58. The highest BCUT2D eigenvalue weighted by Gasteiger charge is 2.25. The van der Waals surface area contributed by atoms with Crippen LogP contribution in [0.15, 0.2) is 6.07 Å². The Hall–Kier alpha value is 0.200. The molecule has 5 heteroatoms. The van der Waals surface area contributed by atoms with Gasteiger partial charge in [-0.3, -0.25) is 4.90 Å². The Morgan fingerprint density at radius 2 is 2.33 bits per heavy atom. The predicted octanol–water partition coefficient (Wildman–Crippen LogP) is 4.05. The number of halogens is 2. The molecule has 1 saturated heterocycles. The van der Waals surface area contributed by atoms with Gasteiger partial charge in [0, 0.05) is 18.2 Å². The standard InChI is InChI=1S/C13H20Cl2N2S/c1-9(11-6-12(14)18-13(11)15)17-5-3-4-10(8-17)7-16-2/h6,9-10,16H,3-5,7-8H2,1-2H3. The SMILES string of the molecule is CNCC1CCCN(C(C)c2cc(Cl)sc2Cl)C1. The van der Waals surface area contributed by atoms with Gasteiger partial charge in [0.2, 0.25) is 0 Å². The van der Waals surface area contributed by atoms with Gasteiger partial charge in [0.1, 0.15) is 0 Å². The van der Waals surface area contributed by atoms with E-state index in [1.807, 2.05) is 13.1 Å². The van der Waals surface area contributed by atoms with Gasteiger partial charge in [0.25, 0.3) is 0 Å². The molecule has 102 valence electrons. The largest absolute Gasteiger partial charge is 0.319 e. The van der Waals surface area contributed by atoms with Crippen molar-refractivity contribution in [3.63, 3.8) is 0 Å². The van der Waals surface area contributed by atoms with Gasteiger partial charge in [-0.25, -0.2) is 0 Å². The molecule has 2 heterocycles. The van der Waals surface area contributed by atoms with Gasteiger partial charge in [-0.2, -0.15) is 0 Å². The molecule has 0 aromatic carbocycles. The summed E-state index contributed by atoms with van der Waals surface area (Å²) in [6, 6.07) is 2.38. The topological polar surface area (TPSA) is 15.3 Å². The quantitative estimate of drug-likeness (QED) is 0.903. The number of piperidine rings is 1. The zero-order valence-corrected chi connectivity index (χ0v) is 13.2. The minimum Gasteiger partial charge on any atom is -0.319 e. The first-order valence-corrected chi connectivity index (χ1v) is 8.02. The lowest BCUT2D eigenvalue weighted by molar-refractivity contribution is 0.132. The first-order valence-electron chi connectivity index (χ1n) is 6.45. The van der Waals surface area contributed by atoms with E-state index in [0.717, 1.165) is 34.2 Å². The van der Waals surface area contributed by atoms with Crippen LogP contribution in [-0.4, -0.2) is 31.6 Å². The van der Waals surface area contributed by atoms with Crippen LogP contribution < -0.4 is 5.32 Å². The number of likely N-dealkylation sites (tertiary alicyclic amines) is 1. The molecule has 0 amide bonds. The summed E-state index contributed by atoms with van der Waals surface area (Å²) in [4.78, 5) is 2.52. The number of nitrogens with one attached hydrogen (secondary N) is 1. The molecule has 0 aliphatic carbocycles. The van der Waals surface area contributed by atoms with E-state index in [4.69, 9.17) is 23.2 Å². The molecule has 0 saturated carbocycles. The van der Waals surface area contributed by atoms with Crippen LogP contribution in [-0.2, 0) is 0 Å². The molecule has 18 heavy (non-hydrogen) atoms. The zero-order valence-electron chi connectivity index (χ0n) is 10.9. The van der Waals surface area contributed by atoms with E-state index in [1.165, 1.54) is 29.7 Å². The van der Waals surface area contributed by atoms with Crippen LogP contribution in [0.4, 0.5) is 0 Å². The minimum absolute atomic E-state index is 0.362. The predicted molar refractivity (Wildman–Crippen MR) is 81.0 cm³/mol. The van der Waals surface area contributed by atoms with Crippen LogP contribution in [0.2, 0.25) is 8.67 Å². The number of thiophene rings is 1. The van der Waals surface area contributed by atoms with Gasteiger partial charge < -0.3 is 5.32 Å². The van der Waals surface area contributed by atoms with E-state index in [1.54, 1.807) is 0 Å². The van der Waals surface area contributed by atoms with Crippen molar-refractivity contribution >= 4 is 34.5 Å². The highest BCUT2D eigenvalue weighted by Crippen LogP contribution is 2.38. The lowest BCUT2D eigenvalue weighted by atomic mass is 9.96. The lowest BCUT2D eigenvalue weighted by Crippen LogP contribution is -2.40. The van der Waals surface area contributed by atoms with Gasteiger partial charge in [-0.15, -0.1) is 11.3 Å². The Balaban J connectivity index is 2.04. The summed E-state index contributed by atoms with van der Waals surface area (Å²) < 4.78 is 1.62. The Kier molecular flexibility index (Phi) is 5.34. The molecular formula is C13H20Cl2N2S. The summed E-state index contributed by atoms with van der Waals surface area (Å²) in [6.07, 6.45) is 2.59. The number of nitrogens with zero attached hydrogens (tertiary/aromatic N) is 1. The summed E-state index contributed by atoms with van der Waals surface area (Å²) in [5, 5.41) is 3.28. The van der Waals surface area contributed by atoms with Gasteiger partial charge in [-0.1, -0.05) is 23.2 Å². The highest BCUT2D eigenvalue weighted by molar-refractivity contribution is 7.20. The molecule has 1 aromatic heterocycles. The number of hydrogen-bond donors (Lipinski definition) is 1. The van der Waals surface area contributed by atoms with Crippen LogP contribution in [0.1, 0.15) is 31.4 Å². The van der Waals surface area contributed by atoms with Crippen LogP contribution in [0, 0.1) is 5.92 Å². The van der Waals surface area contributed by atoms with Crippen LogP contribution in [0.5, 0.6) is 0 Å². The Labute approximate surface area is 123 Å².